The van der Waals surface area contributed by atoms with Crippen LogP contribution in [0.2, 0.25) is 0 Å². The number of nitrogens with one attached hydrogen (secondary N) is 1. The average Bonchev–Trinajstić information content (AvgIpc) is 3.06. The van der Waals surface area contributed by atoms with E-state index in [0.717, 1.165) is 34.8 Å². The molecular weight excluding hydrogens is 412 g/mol. The molecular formula is C23H32N4O5+2. The van der Waals surface area contributed by atoms with E-state index in [1.165, 1.54) is 0 Å². The molecule has 2 unspecified atom stereocenters. The predicted octanol–water partition coefficient (Wildman–Crippen LogP) is 1.30. The van der Waals surface area contributed by atoms with Crippen molar-refractivity contribution >= 4 is 17.4 Å². The molecule has 0 saturated heterocycles. The van der Waals surface area contributed by atoms with Gasteiger partial charge < -0.3 is 19.4 Å². The van der Waals surface area contributed by atoms with E-state index in [2.05, 4.69) is 17.0 Å². The van der Waals surface area contributed by atoms with Crippen molar-refractivity contribution in [3.8, 4) is 5.75 Å². The van der Waals surface area contributed by atoms with Crippen LogP contribution in [-0.2, 0) is 17.7 Å². The Hall–Kier alpha value is -3.04. The van der Waals surface area contributed by atoms with Gasteiger partial charge in [-0.3, -0.25) is 9.36 Å². The molecule has 2 atom stereocenters. The number of carboxylic acid groups (broad SMARTS) is 1. The van der Waals surface area contributed by atoms with Crippen molar-refractivity contribution in [1.29, 1.82) is 0 Å². The zero-order valence-electron chi connectivity index (χ0n) is 19.1. The minimum absolute atomic E-state index is 0.0826. The van der Waals surface area contributed by atoms with Crippen molar-refractivity contribution < 1.29 is 24.4 Å². The molecule has 0 radical (unpaired) electrons. The molecule has 9 nitrogen and oxygen atoms in total. The number of rotatable bonds is 11. The maximum absolute atomic E-state index is 13.1. The number of aliphatic carboxylic acids is 1. The van der Waals surface area contributed by atoms with Gasteiger partial charge in [-0.2, -0.15) is 5.01 Å². The maximum Gasteiger partial charge on any atom is 0.511 e. The number of nitrogens with zero attached hydrogens (tertiary/aromatic N) is 3. The van der Waals surface area contributed by atoms with Crippen LogP contribution < -0.4 is 15.3 Å². The van der Waals surface area contributed by atoms with Crippen LogP contribution in [0.25, 0.3) is 0 Å². The maximum atomic E-state index is 13.1. The lowest BCUT2D eigenvalue weighted by atomic mass is 10.1. The highest BCUT2D eigenvalue weighted by Gasteiger charge is 2.32. The van der Waals surface area contributed by atoms with Gasteiger partial charge in [-0.05, 0) is 38.0 Å². The van der Waals surface area contributed by atoms with Gasteiger partial charge in [0.25, 0.3) is 5.69 Å². The lowest BCUT2D eigenvalue weighted by Crippen LogP contribution is -2.99. The molecule has 0 aliphatic carbocycles. The standard InChI is InChI=1S/C23H30N4O5/c1-5-7-18-20-21(26(4)25-18)22(28)27(15(3)24-20)12-13-32-17-10-8-16(9-11-17)14-19(23(29)30)31-6-2/h8-11,19H,5-7,12-14H2,1-4H3,(H,29,30)/p+2. The molecule has 9 heteroatoms. The summed E-state index contributed by atoms with van der Waals surface area (Å²) in [6, 6.07) is 7.32. The molecule has 0 amide bonds. The van der Waals surface area contributed by atoms with Gasteiger partial charge in [0.2, 0.25) is 6.10 Å². The number of aliphatic hydroxyl groups excluding tert-OH is 1. The molecule has 32 heavy (non-hydrogen) atoms. The molecule has 0 saturated carbocycles. The van der Waals surface area contributed by atoms with Crippen LogP contribution in [0.1, 0.15) is 43.8 Å². The minimum atomic E-state index is -0.754. The van der Waals surface area contributed by atoms with Crippen molar-refractivity contribution in [1.82, 2.24) is 9.55 Å². The summed E-state index contributed by atoms with van der Waals surface area (Å²) in [6.45, 7) is 6.79. The second kappa shape index (κ2) is 10.5. The summed E-state index contributed by atoms with van der Waals surface area (Å²) in [7, 11) is 1.85. The predicted molar refractivity (Wildman–Crippen MR) is 122 cm³/mol. The number of hydrogen-bond donors (Lipinski definition) is 2. The second-order valence-corrected chi connectivity index (χ2v) is 7.73. The molecule has 2 heterocycles. The SMILES string of the molecule is CCCC1=N[NH+](C)c2c1nc(C)n(CCOc1ccc(CC(OCC)C(O)=[OH+])cc1)c2=O. The Bertz CT molecular complexity index is 1050. The van der Waals surface area contributed by atoms with E-state index in [1.54, 1.807) is 11.5 Å². The van der Waals surface area contributed by atoms with Gasteiger partial charge >= 0.3 is 11.5 Å². The Labute approximate surface area is 187 Å². The van der Waals surface area contributed by atoms with Crippen LogP contribution in [0, 0.1) is 6.92 Å². The van der Waals surface area contributed by atoms with Crippen molar-refractivity contribution in [3.05, 3.63) is 51.7 Å². The van der Waals surface area contributed by atoms with E-state index < -0.39 is 12.1 Å². The molecule has 1 aromatic carbocycles. The summed E-state index contributed by atoms with van der Waals surface area (Å²) in [4.78, 5) is 27.0. The van der Waals surface area contributed by atoms with Gasteiger partial charge in [0.1, 0.15) is 23.9 Å². The molecule has 1 aliphatic rings. The van der Waals surface area contributed by atoms with Gasteiger partial charge in [-0.1, -0.05) is 30.6 Å². The molecule has 3 N–H and O–H groups in total. The Balaban J connectivity index is 1.63. The Morgan fingerprint density at radius 1 is 1.28 bits per heavy atom. The van der Waals surface area contributed by atoms with Gasteiger partial charge in [0.15, 0.2) is 5.69 Å². The van der Waals surface area contributed by atoms with Gasteiger partial charge in [-0.25, -0.2) is 4.98 Å². The lowest BCUT2D eigenvalue weighted by Gasteiger charge is -2.13. The van der Waals surface area contributed by atoms with Crippen LogP contribution in [0.5, 0.6) is 5.75 Å². The summed E-state index contributed by atoms with van der Waals surface area (Å²) in [5.41, 5.74) is 3.01. The summed E-state index contributed by atoms with van der Waals surface area (Å²) in [6.07, 6.45) is 1.36. The Morgan fingerprint density at radius 2 is 2.00 bits per heavy atom. The smallest absolute Gasteiger partial charge is 0.492 e. The van der Waals surface area contributed by atoms with E-state index in [1.807, 2.05) is 38.2 Å². The van der Waals surface area contributed by atoms with Crippen molar-refractivity contribution in [2.75, 3.05) is 20.3 Å². The summed E-state index contributed by atoms with van der Waals surface area (Å²) in [5.74, 6) is 0.582. The van der Waals surface area contributed by atoms with Crippen molar-refractivity contribution in [2.45, 2.75) is 52.7 Å². The minimum Gasteiger partial charge on any atom is -0.492 e. The first-order chi connectivity index (χ1) is 15.3. The van der Waals surface area contributed by atoms with Crippen LogP contribution in [0.15, 0.2) is 34.2 Å². The largest absolute Gasteiger partial charge is 0.511 e. The van der Waals surface area contributed by atoms with Gasteiger partial charge in [0.05, 0.1) is 13.6 Å². The van der Waals surface area contributed by atoms with Gasteiger partial charge in [-0.15, -0.1) is 0 Å². The first-order valence-electron chi connectivity index (χ1n) is 11.0. The number of ether oxygens (including phenoxy) is 2. The molecule has 0 bridgehead atoms. The number of fused-ring (bicyclic) bond motifs is 1. The summed E-state index contributed by atoms with van der Waals surface area (Å²) in [5, 5.41) is 14.6. The monoisotopic (exact) mass is 444 g/mol. The third kappa shape index (κ3) is 5.23. The fourth-order valence-electron chi connectivity index (χ4n) is 3.80. The third-order valence-corrected chi connectivity index (χ3v) is 5.37. The fourth-order valence-corrected chi connectivity index (χ4v) is 3.80. The average molecular weight is 445 g/mol. The van der Waals surface area contributed by atoms with Crippen LogP contribution in [0.4, 0.5) is 5.69 Å². The zero-order valence-corrected chi connectivity index (χ0v) is 19.1. The van der Waals surface area contributed by atoms with Gasteiger partial charge in [0, 0.05) is 13.0 Å². The summed E-state index contributed by atoms with van der Waals surface area (Å²) >= 11 is 0. The Kier molecular flexibility index (Phi) is 7.76. The number of hydrogen-bond acceptors (Lipinski definition) is 5. The molecule has 1 aliphatic heterocycles. The number of quaternary nitrogens is 1. The number of aryl methyl sites for hydroxylation is 1. The van der Waals surface area contributed by atoms with Crippen molar-refractivity contribution in [3.63, 3.8) is 0 Å². The van der Waals surface area contributed by atoms with E-state index in [-0.39, 0.29) is 5.56 Å². The normalized spacial score (nSPS) is 15.9. The molecule has 172 valence electrons. The molecule has 0 fully saturated rings. The first kappa shape index (κ1) is 23.6. The fraction of sp³-hybridized carbons (Fsp3) is 0.478. The molecule has 1 aromatic heterocycles. The molecule has 2 aromatic rings. The quantitative estimate of drug-likeness (QED) is 0.508. The topological polar surface area (TPSA) is 112 Å². The Morgan fingerprint density at radius 3 is 2.62 bits per heavy atom. The van der Waals surface area contributed by atoms with E-state index in [0.29, 0.717) is 43.4 Å². The number of benzene rings is 1. The van der Waals surface area contributed by atoms with Crippen LogP contribution >= 0.6 is 0 Å². The second-order valence-electron chi connectivity index (χ2n) is 7.73. The number of carboxylic acids is 1. The van der Waals surface area contributed by atoms with Crippen molar-refractivity contribution in [2.24, 2.45) is 5.10 Å². The molecule has 3 rings (SSSR count). The van der Waals surface area contributed by atoms with Crippen LogP contribution in [0.3, 0.4) is 0 Å². The highest BCUT2D eigenvalue weighted by Crippen LogP contribution is 2.16. The lowest BCUT2D eigenvalue weighted by molar-refractivity contribution is -0.815. The van der Waals surface area contributed by atoms with E-state index in [9.17, 15) is 14.7 Å². The summed E-state index contributed by atoms with van der Waals surface area (Å²) < 4.78 is 12.8. The highest BCUT2D eigenvalue weighted by molar-refractivity contribution is 6.02. The number of aromatic nitrogens is 2. The third-order valence-electron chi connectivity index (χ3n) is 5.37. The highest BCUT2D eigenvalue weighted by atomic mass is 16.5. The first-order valence-corrected chi connectivity index (χ1v) is 11.0. The van der Waals surface area contributed by atoms with E-state index in [4.69, 9.17) is 9.47 Å². The zero-order chi connectivity index (χ0) is 23.3. The molecule has 0 spiro atoms. The van der Waals surface area contributed by atoms with E-state index >= 15 is 0 Å². The van der Waals surface area contributed by atoms with Crippen LogP contribution in [-0.4, -0.2) is 57.5 Å².